The van der Waals surface area contributed by atoms with Crippen LogP contribution < -0.4 is 10.2 Å². The van der Waals surface area contributed by atoms with Crippen molar-refractivity contribution in [3.05, 3.63) is 23.9 Å². The fourth-order valence-electron chi connectivity index (χ4n) is 2.09. The van der Waals surface area contributed by atoms with Crippen LogP contribution in [0.25, 0.3) is 0 Å². The average Bonchev–Trinajstić information content (AvgIpc) is 3.21. The molecule has 1 aromatic heterocycles. The van der Waals surface area contributed by atoms with Gasteiger partial charge < -0.3 is 15.0 Å². The number of anilines is 1. The van der Waals surface area contributed by atoms with E-state index < -0.39 is 0 Å². The van der Waals surface area contributed by atoms with Crippen LogP contribution in [-0.4, -0.2) is 37.3 Å². The molecule has 0 atom stereocenters. The van der Waals surface area contributed by atoms with E-state index in [2.05, 4.69) is 42.3 Å². The molecular formula is C15H25N3O. The summed E-state index contributed by atoms with van der Waals surface area (Å²) < 4.78 is 5.18. The highest BCUT2D eigenvalue weighted by molar-refractivity contribution is 5.40. The monoisotopic (exact) mass is 263 g/mol. The Kier molecular flexibility index (Phi) is 5.16. The lowest BCUT2D eigenvalue weighted by Gasteiger charge is -2.28. The van der Waals surface area contributed by atoms with Crippen LogP contribution in [-0.2, 0) is 11.3 Å². The van der Waals surface area contributed by atoms with E-state index in [9.17, 15) is 0 Å². The zero-order valence-electron chi connectivity index (χ0n) is 12.2. The molecule has 1 aliphatic rings. The summed E-state index contributed by atoms with van der Waals surface area (Å²) in [7, 11) is 1.74. The van der Waals surface area contributed by atoms with Gasteiger partial charge in [0, 0.05) is 32.3 Å². The molecule has 0 aromatic carbocycles. The Morgan fingerprint density at radius 3 is 2.84 bits per heavy atom. The standard InChI is InChI=1S/C15H25N3O/c1-12(2)18(9-10-19-3)15-6-4-5-14(17-15)11-16-13-7-8-13/h4-6,12-13,16H,7-11H2,1-3H3. The predicted octanol–water partition coefficient (Wildman–Crippen LogP) is 2.19. The number of methoxy groups -OCH3 is 1. The van der Waals surface area contributed by atoms with Crippen LogP contribution >= 0.6 is 0 Å². The molecule has 4 heteroatoms. The maximum absolute atomic E-state index is 5.18. The van der Waals surface area contributed by atoms with Crippen molar-refractivity contribution in [2.24, 2.45) is 0 Å². The van der Waals surface area contributed by atoms with E-state index in [1.807, 2.05) is 0 Å². The largest absolute Gasteiger partial charge is 0.383 e. The van der Waals surface area contributed by atoms with E-state index >= 15 is 0 Å². The summed E-state index contributed by atoms with van der Waals surface area (Å²) in [4.78, 5) is 7.04. The van der Waals surface area contributed by atoms with Crippen molar-refractivity contribution in [2.45, 2.75) is 45.3 Å². The van der Waals surface area contributed by atoms with Crippen molar-refractivity contribution in [1.82, 2.24) is 10.3 Å². The number of nitrogens with one attached hydrogen (secondary N) is 1. The quantitative estimate of drug-likeness (QED) is 0.780. The van der Waals surface area contributed by atoms with Gasteiger partial charge in [-0.3, -0.25) is 0 Å². The average molecular weight is 263 g/mol. The van der Waals surface area contributed by atoms with Crippen molar-refractivity contribution in [2.75, 3.05) is 25.2 Å². The van der Waals surface area contributed by atoms with Crippen LogP contribution in [0, 0.1) is 0 Å². The summed E-state index contributed by atoms with van der Waals surface area (Å²) >= 11 is 0. The normalized spacial score (nSPS) is 14.9. The van der Waals surface area contributed by atoms with E-state index in [4.69, 9.17) is 9.72 Å². The number of hydrogen-bond donors (Lipinski definition) is 1. The number of nitrogens with zero attached hydrogens (tertiary/aromatic N) is 2. The molecule has 0 bridgehead atoms. The molecule has 0 aliphatic heterocycles. The first-order chi connectivity index (χ1) is 9.20. The fraction of sp³-hybridized carbons (Fsp3) is 0.667. The molecule has 0 saturated heterocycles. The van der Waals surface area contributed by atoms with Gasteiger partial charge in [-0.15, -0.1) is 0 Å². The molecule has 0 radical (unpaired) electrons. The molecule has 1 N–H and O–H groups in total. The molecule has 1 aromatic rings. The summed E-state index contributed by atoms with van der Waals surface area (Å²) in [5, 5.41) is 3.51. The Morgan fingerprint density at radius 1 is 1.42 bits per heavy atom. The maximum atomic E-state index is 5.18. The molecule has 0 spiro atoms. The highest BCUT2D eigenvalue weighted by atomic mass is 16.5. The molecule has 1 fully saturated rings. The number of rotatable bonds is 8. The van der Waals surface area contributed by atoms with E-state index in [0.29, 0.717) is 6.04 Å². The Morgan fingerprint density at radius 2 is 2.21 bits per heavy atom. The lowest BCUT2D eigenvalue weighted by Crippen LogP contribution is -2.34. The second-order valence-electron chi connectivity index (χ2n) is 5.42. The van der Waals surface area contributed by atoms with Crippen molar-refractivity contribution in [3.63, 3.8) is 0 Å². The van der Waals surface area contributed by atoms with Crippen molar-refractivity contribution in [3.8, 4) is 0 Å². The van der Waals surface area contributed by atoms with Gasteiger partial charge in [0.1, 0.15) is 5.82 Å². The predicted molar refractivity (Wildman–Crippen MR) is 78.5 cm³/mol. The number of aromatic nitrogens is 1. The SMILES string of the molecule is COCCN(c1cccc(CNC2CC2)n1)C(C)C. The zero-order valence-corrected chi connectivity index (χ0v) is 12.2. The Bertz CT molecular complexity index is 391. The molecule has 4 nitrogen and oxygen atoms in total. The molecule has 1 aliphatic carbocycles. The second-order valence-corrected chi connectivity index (χ2v) is 5.42. The minimum absolute atomic E-state index is 0.425. The molecular weight excluding hydrogens is 238 g/mol. The second kappa shape index (κ2) is 6.87. The summed E-state index contributed by atoms with van der Waals surface area (Å²) in [5.41, 5.74) is 1.12. The first-order valence-electron chi connectivity index (χ1n) is 7.15. The fourth-order valence-corrected chi connectivity index (χ4v) is 2.09. The lowest BCUT2D eigenvalue weighted by molar-refractivity contribution is 0.203. The third kappa shape index (κ3) is 4.48. The van der Waals surface area contributed by atoms with Crippen LogP contribution in [0.3, 0.4) is 0 Å². The highest BCUT2D eigenvalue weighted by Gasteiger charge is 2.20. The van der Waals surface area contributed by atoms with Gasteiger partial charge in [-0.2, -0.15) is 0 Å². The summed E-state index contributed by atoms with van der Waals surface area (Å²) in [6.07, 6.45) is 2.62. The third-order valence-electron chi connectivity index (χ3n) is 3.40. The summed E-state index contributed by atoms with van der Waals surface area (Å²) in [5.74, 6) is 1.04. The summed E-state index contributed by atoms with van der Waals surface area (Å²) in [6.45, 7) is 6.85. The minimum Gasteiger partial charge on any atom is -0.383 e. The third-order valence-corrected chi connectivity index (χ3v) is 3.40. The van der Waals surface area contributed by atoms with Gasteiger partial charge in [0.05, 0.1) is 12.3 Å². The van der Waals surface area contributed by atoms with Gasteiger partial charge in [0.15, 0.2) is 0 Å². The van der Waals surface area contributed by atoms with Gasteiger partial charge in [0.25, 0.3) is 0 Å². The highest BCUT2D eigenvalue weighted by Crippen LogP contribution is 2.20. The molecule has 0 amide bonds. The van der Waals surface area contributed by atoms with E-state index in [0.717, 1.165) is 37.3 Å². The van der Waals surface area contributed by atoms with Crippen LogP contribution in [0.15, 0.2) is 18.2 Å². The smallest absolute Gasteiger partial charge is 0.129 e. The van der Waals surface area contributed by atoms with Crippen molar-refractivity contribution >= 4 is 5.82 Å². The molecule has 106 valence electrons. The Balaban J connectivity index is 2.00. The first kappa shape index (κ1) is 14.3. The molecule has 0 unspecified atom stereocenters. The van der Waals surface area contributed by atoms with E-state index in [-0.39, 0.29) is 0 Å². The zero-order chi connectivity index (χ0) is 13.7. The number of hydrogen-bond acceptors (Lipinski definition) is 4. The van der Waals surface area contributed by atoms with Crippen LogP contribution in [0.4, 0.5) is 5.82 Å². The van der Waals surface area contributed by atoms with Crippen LogP contribution in [0.5, 0.6) is 0 Å². The van der Waals surface area contributed by atoms with Crippen LogP contribution in [0.1, 0.15) is 32.4 Å². The Hall–Kier alpha value is -1.13. The topological polar surface area (TPSA) is 37.4 Å². The molecule has 1 heterocycles. The van der Waals surface area contributed by atoms with Crippen LogP contribution in [0.2, 0.25) is 0 Å². The molecule has 1 saturated carbocycles. The number of pyridine rings is 1. The van der Waals surface area contributed by atoms with E-state index in [1.54, 1.807) is 7.11 Å². The van der Waals surface area contributed by atoms with Gasteiger partial charge in [-0.1, -0.05) is 6.07 Å². The van der Waals surface area contributed by atoms with Gasteiger partial charge in [-0.05, 0) is 38.8 Å². The van der Waals surface area contributed by atoms with Gasteiger partial charge in [0.2, 0.25) is 0 Å². The van der Waals surface area contributed by atoms with E-state index in [1.165, 1.54) is 12.8 Å². The maximum Gasteiger partial charge on any atom is 0.129 e. The minimum atomic E-state index is 0.425. The first-order valence-corrected chi connectivity index (χ1v) is 7.15. The molecule has 2 rings (SSSR count). The lowest BCUT2D eigenvalue weighted by atomic mass is 10.2. The summed E-state index contributed by atoms with van der Waals surface area (Å²) in [6, 6.07) is 7.41. The Labute approximate surface area is 116 Å². The van der Waals surface area contributed by atoms with Crippen molar-refractivity contribution in [1.29, 1.82) is 0 Å². The van der Waals surface area contributed by atoms with Gasteiger partial charge in [-0.25, -0.2) is 4.98 Å². The molecule has 19 heavy (non-hydrogen) atoms. The van der Waals surface area contributed by atoms with Crippen molar-refractivity contribution < 1.29 is 4.74 Å². The van der Waals surface area contributed by atoms with Gasteiger partial charge >= 0.3 is 0 Å². The number of ether oxygens (including phenoxy) is 1.